The highest BCUT2D eigenvalue weighted by atomic mass is 32.2. The number of hydrogen-bond acceptors (Lipinski definition) is 5. The molecule has 0 aromatic rings. The molecule has 1 atom stereocenters. The van der Waals surface area contributed by atoms with Crippen LogP contribution in [0, 0.1) is 0 Å². The van der Waals surface area contributed by atoms with E-state index in [1.54, 1.807) is 0 Å². The van der Waals surface area contributed by atoms with E-state index in [0.717, 1.165) is 6.26 Å². The van der Waals surface area contributed by atoms with E-state index in [4.69, 9.17) is 10.8 Å². The van der Waals surface area contributed by atoms with Crippen LogP contribution in [-0.4, -0.2) is 49.0 Å². The highest BCUT2D eigenvalue weighted by Gasteiger charge is 2.28. The summed E-state index contributed by atoms with van der Waals surface area (Å²) in [5.41, 5.74) is 4.28. The quantitative estimate of drug-likeness (QED) is 0.550. The summed E-state index contributed by atoms with van der Waals surface area (Å²) in [6.45, 7) is 2.86. The van der Waals surface area contributed by atoms with Gasteiger partial charge in [0.25, 0.3) is 0 Å². The van der Waals surface area contributed by atoms with E-state index in [-0.39, 0.29) is 12.2 Å². The van der Waals surface area contributed by atoms with E-state index in [0.29, 0.717) is 0 Å². The fraction of sp³-hybridized carbons (Fsp3) is 0.778. The number of sulfone groups is 1. The molecular formula is C9H18N2O5S. The predicted molar refractivity (Wildman–Crippen MR) is 62.2 cm³/mol. The van der Waals surface area contributed by atoms with Crippen molar-refractivity contribution in [1.82, 2.24) is 5.32 Å². The Morgan fingerprint density at radius 2 is 1.88 bits per heavy atom. The van der Waals surface area contributed by atoms with Gasteiger partial charge in [-0.1, -0.05) is 0 Å². The van der Waals surface area contributed by atoms with E-state index in [1.807, 2.05) is 0 Å². The van der Waals surface area contributed by atoms with E-state index in [9.17, 15) is 18.0 Å². The minimum atomic E-state index is -3.27. The SMILES string of the molecule is CC(C)(N)C(=O)NC(CCS(C)(=O)=O)C(=O)O. The number of amides is 1. The topological polar surface area (TPSA) is 127 Å². The zero-order valence-corrected chi connectivity index (χ0v) is 10.9. The van der Waals surface area contributed by atoms with Crippen molar-refractivity contribution < 1.29 is 23.1 Å². The number of carboxylic acids is 1. The Hall–Kier alpha value is -1.15. The van der Waals surface area contributed by atoms with Crippen molar-refractivity contribution in [2.24, 2.45) is 5.73 Å². The summed E-state index contributed by atoms with van der Waals surface area (Å²) < 4.78 is 21.8. The largest absolute Gasteiger partial charge is 0.480 e. The molecule has 0 aromatic carbocycles. The summed E-state index contributed by atoms with van der Waals surface area (Å²) in [6.07, 6.45) is 0.816. The Kier molecular flexibility index (Phi) is 5.09. The van der Waals surface area contributed by atoms with E-state index in [1.165, 1.54) is 13.8 Å². The molecule has 1 unspecified atom stereocenters. The lowest BCUT2D eigenvalue weighted by molar-refractivity contribution is -0.142. The maximum Gasteiger partial charge on any atom is 0.326 e. The van der Waals surface area contributed by atoms with Gasteiger partial charge in [0.2, 0.25) is 5.91 Å². The van der Waals surface area contributed by atoms with Gasteiger partial charge in [0, 0.05) is 6.26 Å². The van der Waals surface area contributed by atoms with Crippen molar-refractivity contribution in [1.29, 1.82) is 0 Å². The predicted octanol–water partition coefficient (Wildman–Crippen LogP) is -1.27. The molecule has 0 aliphatic carbocycles. The van der Waals surface area contributed by atoms with Crippen LogP contribution in [-0.2, 0) is 19.4 Å². The fourth-order valence-corrected chi connectivity index (χ4v) is 1.60. The van der Waals surface area contributed by atoms with Gasteiger partial charge in [-0.25, -0.2) is 13.2 Å². The molecule has 1 amide bonds. The standard InChI is InChI=1S/C9H18N2O5S/c1-9(2,10)8(14)11-6(7(12)13)4-5-17(3,15)16/h6H,4-5,10H2,1-3H3,(H,11,14)(H,12,13). The number of rotatable bonds is 6. The number of aliphatic carboxylic acids is 1. The molecule has 7 nitrogen and oxygen atoms in total. The molecule has 0 saturated carbocycles. The van der Waals surface area contributed by atoms with Crippen LogP contribution < -0.4 is 11.1 Å². The minimum absolute atomic E-state index is 0.185. The number of nitrogens with one attached hydrogen (secondary N) is 1. The third-order valence-electron chi connectivity index (χ3n) is 1.97. The van der Waals surface area contributed by atoms with Gasteiger partial charge in [-0.05, 0) is 20.3 Å². The summed E-state index contributed by atoms with van der Waals surface area (Å²) in [4.78, 5) is 22.3. The van der Waals surface area contributed by atoms with Crippen LogP contribution in [0.15, 0.2) is 0 Å². The number of carbonyl (C=O) groups is 2. The van der Waals surface area contributed by atoms with Crippen molar-refractivity contribution >= 4 is 21.7 Å². The molecule has 8 heteroatoms. The second kappa shape index (κ2) is 5.46. The highest BCUT2D eigenvalue weighted by molar-refractivity contribution is 7.90. The van der Waals surface area contributed by atoms with Crippen molar-refractivity contribution in [3.8, 4) is 0 Å². The van der Waals surface area contributed by atoms with Crippen molar-refractivity contribution in [2.45, 2.75) is 31.8 Å². The van der Waals surface area contributed by atoms with Crippen LogP contribution >= 0.6 is 0 Å². The summed E-state index contributed by atoms with van der Waals surface area (Å²) >= 11 is 0. The lowest BCUT2D eigenvalue weighted by Crippen LogP contribution is -2.54. The van der Waals surface area contributed by atoms with Gasteiger partial charge in [0.1, 0.15) is 15.9 Å². The Labute approximate surface area is 100 Å². The Bertz CT molecular complexity index is 396. The van der Waals surface area contributed by atoms with Gasteiger partial charge in [0.05, 0.1) is 11.3 Å². The number of carbonyl (C=O) groups excluding carboxylic acids is 1. The summed E-state index contributed by atoms with van der Waals surface area (Å²) in [6, 6.07) is -1.25. The normalized spacial score (nSPS) is 14.1. The summed E-state index contributed by atoms with van der Waals surface area (Å²) in [5, 5.41) is 11.0. The number of hydrogen-bond donors (Lipinski definition) is 3. The molecule has 0 saturated heterocycles. The smallest absolute Gasteiger partial charge is 0.326 e. The number of carboxylic acid groups (broad SMARTS) is 1. The van der Waals surface area contributed by atoms with Gasteiger partial charge in [0.15, 0.2) is 0 Å². The average molecular weight is 266 g/mol. The first-order valence-corrected chi connectivity index (χ1v) is 7.00. The van der Waals surface area contributed by atoms with Gasteiger partial charge >= 0.3 is 5.97 Å². The van der Waals surface area contributed by atoms with Crippen LogP contribution in [0.25, 0.3) is 0 Å². The van der Waals surface area contributed by atoms with Gasteiger partial charge in [-0.2, -0.15) is 0 Å². The molecule has 0 rings (SSSR count). The van der Waals surface area contributed by atoms with Gasteiger partial charge in [-0.3, -0.25) is 4.79 Å². The van der Waals surface area contributed by atoms with E-state index in [2.05, 4.69) is 5.32 Å². The Balaban J connectivity index is 4.57. The molecule has 0 heterocycles. The maximum absolute atomic E-state index is 11.5. The first-order chi connectivity index (χ1) is 7.43. The molecule has 0 aliphatic rings. The number of nitrogens with two attached hydrogens (primary N) is 1. The Morgan fingerprint density at radius 3 is 2.18 bits per heavy atom. The third-order valence-corrected chi connectivity index (χ3v) is 2.94. The molecule has 17 heavy (non-hydrogen) atoms. The molecular weight excluding hydrogens is 248 g/mol. The first-order valence-electron chi connectivity index (χ1n) is 4.94. The summed E-state index contributed by atoms with van der Waals surface area (Å²) in [7, 11) is -3.27. The zero-order valence-electron chi connectivity index (χ0n) is 10.1. The lowest BCUT2D eigenvalue weighted by Gasteiger charge is -2.21. The van der Waals surface area contributed by atoms with Crippen LogP contribution in [0.4, 0.5) is 0 Å². The van der Waals surface area contributed by atoms with E-state index < -0.39 is 33.3 Å². The third kappa shape index (κ3) is 6.90. The second-order valence-electron chi connectivity index (χ2n) is 4.50. The molecule has 0 radical (unpaired) electrons. The molecule has 0 aliphatic heterocycles. The summed E-state index contributed by atoms with van der Waals surface area (Å²) in [5.74, 6) is -2.24. The van der Waals surface area contributed by atoms with Crippen molar-refractivity contribution in [2.75, 3.05) is 12.0 Å². The first kappa shape index (κ1) is 15.9. The zero-order chi connectivity index (χ0) is 13.9. The molecule has 0 spiro atoms. The average Bonchev–Trinajstić information content (AvgIpc) is 2.07. The lowest BCUT2D eigenvalue weighted by atomic mass is 10.1. The van der Waals surface area contributed by atoms with Gasteiger partial charge < -0.3 is 16.2 Å². The maximum atomic E-state index is 11.5. The highest BCUT2D eigenvalue weighted by Crippen LogP contribution is 2.01. The molecule has 0 fully saturated rings. The van der Waals surface area contributed by atoms with E-state index >= 15 is 0 Å². The second-order valence-corrected chi connectivity index (χ2v) is 6.76. The minimum Gasteiger partial charge on any atom is -0.480 e. The molecule has 4 N–H and O–H groups in total. The van der Waals surface area contributed by atoms with Crippen LogP contribution in [0.1, 0.15) is 20.3 Å². The van der Waals surface area contributed by atoms with Crippen LogP contribution in [0.5, 0.6) is 0 Å². The fourth-order valence-electron chi connectivity index (χ4n) is 0.934. The Morgan fingerprint density at radius 1 is 1.41 bits per heavy atom. The molecule has 0 aromatic heterocycles. The van der Waals surface area contributed by atoms with Crippen LogP contribution in [0.3, 0.4) is 0 Å². The molecule has 0 bridgehead atoms. The van der Waals surface area contributed by atoms with Crippen molar-refractivity contribution in [3.63, 3.8) is 0 Å². The van der Waals surface area contributed by atoms with Crippen molar-refractivity contribution in [3.05, 3.63) is 0 Å². The molecule has 100 valence electrons. The van der Waals surface area contributed by atoms with Crippen LogP contribution in [0.2, 0.25) is 0 Å². The van der Waals surface area contributed by atoms with Gasteiger partial charge in [-0.15, -0.1) is 0 Å². The monoisotopic (exact) mass is 266 g/mol.